The van der Waals surface area contributed by atoms with E-state index in [2.05, 4.69) is 42.5 Å². The van der Waals surface area contributed by atoms with Crippen LogP contribution in [0.15, 0.2) is 35.1 Å². The number of nitrogens with zero attached hydrogens (tertiary/aromatic N) is 2. The van der Waals surface area contributed by atoms with Crippen molar-refractivity contribution < 1.29 is 0 Å². The van der Waals surface area contributed by atoms with Crippen molar-refractivity contribution in [1.29, 1.82) is 0 Å². The van der Waals surface area contributed by atoms with Crippen molar-refractivity contribution in [2.24, 2.45) is 0 Å². The molecular weight excluding hydrogens is 250 g/mol. The molecule has 1 aromatic heterocycles. The van der Waals surface area contributed by atoms with Crippen LogP contribution in [0.2, 0.25) is 0 Å². The summed E-state index contributed by atoms with van der Waals surface area (Å²) < 4.78 is 1.52. The minimum absolute atomic E-state index is 0.0692. The van der Waals surface area contributed by atoms with Crippen LogP contribution in [0.5, 0.6) is 0 Å². The number of nitrogens with one attached hydrogen (secondary N) is 1. The third kappa shape index (κ3) is 3.33. The maximum atomic E-state index is 11.9. The number of aromatic nitrogens is 2. The van der Waals surface area contributed by atoms with Crippen LogP contribution in [0.1, 0.15) is 28.4 Å². The molecule has 4 nitrogen and oxygen atoms in total. The zero-order chi connectivity index (χ0) is 14.7. The first-order valence-electron chi connectivity index (χ1n) is 6.80. The highest BCUT2D eigenvalue weighted by atomic mass is 16.1. The Kier molecular flexibility index (Phi) is 4.35. The third-order valence-electron chi connectivity index (χ3n) is 3.35. The fourth-order valence-electron chi connectivity index (χ4n) is 2.43. The molecular formula is C16H21N3O. The van der Waals surface area contributed by atoms with Gasteiger partial charge < -0.3 is 5.32 Å². The number of benzene rings is 1. The maximum absolute atomic E-state index is 11.9. The Morgan fingerprint density at radius 1 is 1.15 bits per heavy atom. The molecule has 106 valence electrons. The number of aryl methyl sites for hydroxylation is 3. The molecule has 2 aromatic rings. The van der Waals surface area contributed by atoms with Gasteiger partial charge in [-0.25, -0.2) is 4.68 Å². The zero-order valence-corrected chi connectivity index (χ0v) is 12.5. The van der Waals surface area contributed by atoms with E-state index in [0.717, 1.165) is 5.69 Å². The van der Waals surface area contributed by atoms with Crippen LogP contribution in [0.25, 0.3) is 0 Å². The molecule has 0 aliphatic rings. The van der Waals surface area contributed by atoms with Crippen LogP contribution in [-0.4, -0.2) is 16.8 Å². The molecule has 20 heavy (non-hydrogen) atoms. The third-order valence-corrected chi connectivity index (χ3v) is 3.35. The quantitative estimate of drug-likeness (QED) is 0.926. The van der Waals surface area contributed by atoms with Gasteiger partial charge in [0.25, 0.3) is 5.56 Å². The van der Waals surface area contributed by atoms with Crippen LogP contribution >= 0.6 is 0 Å². The van der Waals surface area contributed by atoms with Gasteiger partial charge in [-0.3, -0.25) is 4.79 Å². The van der Waals surface area contributed by atoms with E-state index in [4.69, 9.17) is 0 Å². The van der Waals surface area contributed by atoms with Gasteiger partial charge in [0.1, 0.15) is 0 Å². The van der Waals surface area contributed by atoms with E-state index in [1.165, 1.54) is 21.4 Å². The van der Waals surface area contributed by atoms with Gasteiger partial charge in [0.15, 0.2) is 0 Å². The van der Waals surface area contributed by atoms with Gasteiger partial charge in [0.2, 0.25) is 0 Å². The van der Waals surface area contributed by atoms with Crippen molar-refractivity contribution in [2.45, 2.75) is 33.4 Å². The second-order valence-corrected chi connectivity index (χ2v) is 5.26. The Hall–Kier alpha value is -1.94. The molecule has 2 rings (SSSR count). The molecule has 0 radical (unpaired) electrons. The highest BCUT2D eigenvalue weighted by molar-refractivity contribution is 5.30. The summed E-state index contributed by atoms with van der Waals surface area (Å²) in [5, 5.41) is 7.56. The lowest BCUT2D eigenvalue weighted by atomic mass is 10.0. The first-order chi connectivity index (χ1) is 9.49. The Bertz CT molecular complexity index is 641. The monoisotopic (exact) mass is 271 g/mol. The molecule has 0 amide bonds. The molecule has 0 aliphatic carbocycles. The van der Waals surface area contributed by atoms with Crippen molar-refractivity contribution in [3.05, 3.63) is 63.1 Å². The summed E-state index contributed by atoms with van der Waals surface area (Å²) in [7, 11) is 1.91. The van der Waals surface area contributed by atoms with E-state index in [9.17, 15) is 4.79 Å². The highest BCUT2D eigenvalue weighted by Gasteiger charge is 2.12. The molecule has 0 saturated heterocycles. The molecule has 0 fully saturated rings. The number of rotatable bonds is 4. The van der Waals surface area contributed by atoms with Gasteiger partial charge in [0, 0.05) is 6.07 Å². The van der Waals surface area contributed by atoms with Crippen LogP contribution in [-0.2, 0) is 6.54 Å². The Labute approximate surface area is 119 Å². The van der Waals surface area contributed by atoms with Crippen molar-refractivity contribution in [3.8, 4) is 0 Å². The smallest absolute Gasteiger partial charge is 0.266 e. The SMILES string of the molecule is CNC(Cn1nc(C)ccc1=O)c1cc(C)cc(C)c1. The van der Waals surface area contributed by atoms with Crippen LogP contribution < -0.4 is 10.9 Å². The summed E-state index contributed by atoms with van der Waals surface area (Å²) in [4.78, 5) is 11.9. The largest absolute Gasteiger partial charge is 0.311 e. The average Bonchev–Trinajstić information content (AvgIpc) is 2.38. The lowest BCUT2D eigenvalue weighted by molar-refractivity contribution is 0.449. The van der Waals surface area contributed by atoms with Gasteiger partial charge >= 0.3 is 0 Å². The first-order valence-corrected chi connectivity index (χ1v) is 6.80. The molecule has 0 aliphatic heterocycles. The van der Waals surface area contributed by atoms with Gasteiger partial charge in [-0.1, -0.05) is 29.3 Å². The van der Waals surface area contributed by atoms with E-state index in [1.54, 1.807) is 12.1 Å². The highest BCUT2D eigenvalue weighted by Crippen LogP contribution is 2.17. The Morgan fingerprint density at radius 2 is 1.80 bits per heavy atom. The summed E-state index contributed by atoms with van der Waals surface area (Å²) in [5.41, 5.74) is 4.41. The molecule has 1 heterocycles. The number of hydrogen-bond acceptors (Lipinski definition) is 3. The molecule has 0 spiro atoms. The summed E-state index contributed by atoms with van der Waals surface area (Å²) >= 11 is 0. The molecule has 0 saturated carbocycles. The van der Waals surface area contributed by atoms with E-state index < -0.39 is 0 Å². The maximum Gasteiger partial charge on any atom is 0.266 e. The minimum Gasteiger partial charge on any atom is -0.311 e. The van der Waals surface area contributed by atoms with Gasteiger partial charge in [-0.2, -0.15) is 5.10 Å². The number of hydrogen-bond donors (Lipinski definition) is 1. The standard InChI is InChI=1S/C16H21N3O/c1-11-7-12(2)9-14(8-11)15(17-4)10-19-16(20)6-5-13(3)18-19/h5-9,15,17H,10H2,1-4H3. The second kappa shape index (κ2) is 6.01. The van der Waals surface area contributed by atoms with Crippen LogP contribution in [0.3, 0.4) is 0 Å². The predicted molar refractivity (Wildman–Crippen MR) is 81.0 cm³/mol. The lowest BCUT2D eigenvalue weighted by Gasteiger charge is -2.18. The van der Waals surface area contributed by atoms with Crippen LogP contribution in [0, 0.1) is 20.8 Å². The normalized spacial score (nSPS) is 12.4. The van der Waals surface area contributed by atoms with Crippen molar-refractivity contribution in [2.75, 3.05) is 7.05 Å². The summed E-state index contributed by atoms with van der Waals surface area (Å²) in [6.45, 7) is 6.58. The summed E-state index contributed by atoms with van der Waals surface area (Å²) in [6, 6.07) is 9.82. The molecule has 4 heteroatoms. The fourth-order valence-corrected chi connectivity index (χ4v) is 2.43. The topological polar surface area (TPSA) is 46.9 Å². The van der Waals surface area contributed by atoms with E-state index in [0.29, 0.717) is 6.54 Å². The Balaban J connectivity index is 2.33. The minimum atomic E-state index is -0.0692. The molecule has 1 N–H and O–H groups in total. The van der Waals surface area contributed by atoms with E-state index in [-0.39, 0.29) is 11.6 Å². The zero-order valence-electron chi connectivity index (χ0n) is 12.5. The van der Waals surface area contributed by atoms with Gasteiger partial charge in [-0.05, 0) is 39.4 Å². The Morgan fingerprint density at radius 3 is 2.40 bits per heavy atom. The second-order valence-electron chi connectivity index (χ2n) is 5.26. The van der Waals surface area contributed by atoms with Gasteiger partial charge in [-0.15, -0.1) is 0 Å². The van der Waals surface area contributed by atoms with Crippen molar-refractivity contribution in [1.82, 2.24) is 15.1 Å². The predicted octanol–water partition coefficient (Wildman–Crippen LogP) is 2.13. The summed E-state index contributed by atoms with van der Waals surface area (Å²) in [6.07, 6.45) is 0. The molecule has 1 aromatic carbocycles. The van der Waals surface area contributed by atoms with Crippen molar-refractivity contribution >= 4 is 0 Å². The van der Waals surface area contributed by atoms with E-state index >= 15 is 0 Å². The number of likely N-dealkylation sites (N-methyl/N-ethyl adjacent to an activating group) is 1. The average molecular weight is 271 g/mol. The fraction of sp³-hybridized carbons (Fsp3) is 0.375. The summed E-state index contributed by atoms with van der Waals surface area (Å²) in [5.74, 6) is 0. The van der Waals surface area contributed by atoms with Crippen LogP contribution in [0.4, 0.5) is 0 Å². The van der Waals surface area contributed by atoms with E-state index in [1.807, 2.05) is 14.0 Å². The molecule has 0 bridgehead atoms. The van der Waals surface area contributed by atoms with Gasteiger partial charge in [0.05, 0.1) is 18.3 Å². The first kappa shape index (κ1) is 14.5. The van der Waals surface area contributed by atoms with Crippen molar-refractivity contribution in [3.63, 3.8) is 0 Å². The molecule has 1 unspecified atom stereocenters. The molecule has 1 atom stereocenters. The lowest BCUT2D eigenvalue weighted by Crippen LogP contribution is -2.30.